The Morgan fingerprint density at radius 2 is 1.74 bits per heavy atom. The molecule has 3 rings (SSSR count). The number of anilines is 1. The van der Waals surface area contributed by atoms with Crippen molar-refractivity contribution in [3.63, 3.8) is 0 Å². The van der Waals surface area contributed by atoms with E-state index in [4.69, 9.17) is 0 Å². The van der Waals surface area contributed by atoms with Crippen LogP contribution >= 0.6 is 0 Å². The number of nitrogens with zero attached hydrogens (tertiary/aromatic N) is 1. The van der Waals surface area contributed by atoms with Crippen molar-refractivity contribution in [2.24, 2.45) is 0 Å². The van der Waals surface area contributed by atoms with Gasteiger partial charge in [-0.05, 0) is 54.7 Å². The molecule has 0 bridgehead atoms. The predicted molar refractivity (Wildman–Crippen MR) is 108 cm³/mol. The van der Waals surface area contributed by atoms with Gasteiger partial charge in [0.1, 0.15) is 0 Å². The van der Waals surface area contributed by atoms with Crippen LogP contribution < -0.4 is 4.72 Å². The minimum absolute atomic E-state index is 0.104. The minimum Gasteiger partial charge on any atom is -0.283 e. The van der Waals surface area contributed by atoms with E-state index in [1.54, 1.807) is 12.1 Å². The molecule has 6 nitrogen and oxygen atoms in total. The zero-order valence-corrected chi connectivity index (χ0v) is 17.3. The van der Waals surface area contributed by atoms with Crippen molar-refractivity contribution in [3.05, 3.63) is 64.2 Å². The summed E-state index contributed by atoms with van der Waals surface area (Å²) in [5, 5.41) is 0. The highest BCUT2D eigenvalue weighted by molar-refractivity contribution is 7.91. The van der Waals surface area contributed by atoms with Crippen LogP contribution in [0.2, 0.25) is 0 Å². The summed E-state index contributed by atoms with van der Waals surface area (Å²) in [4.78, 5) is 0. The number of hydrogen-bond donors (Lipinski definition) is 1. The molecule has 0 fully saturated rings. The third kappa shape index (κ3) is 4.88. The Labute approximate surface area is 161 Å². The molecule has 8 heteroatoms. The predicted octanol–water partition coefficient (Wildman–Crippen LogP) is 2.56. The Balaban J connectivity index is 1.81. The van der Waals surface area contributed by atoms with Crippen LogP contribution in [0.1, 0.15) is 27.8 Å². The normalized spacial score (nSPS) is 15.4. The first-order valence-electron chi connectivity index (χ1n) is 8.67. The van der Waals surface area contributed by atoms with Crippen LogP contribution in [0, 0.1) is 13.8 Å². The molecule has 1 N–H and O–H groups in total. The molecule has 0 saturated carbocycles. The second kappa shape index (κ2) is 7.26. The van der Waals surface area contributed by atoms with E-state index < -0.39 is 20.0 Å². The van der Waals surface area contributed by atoms with Gasteiger partial charge in [-0.15, -0.1) is 0 Å². The van der Waals surface area contributed by atoms with Crippen LogP contribution in [-0.4, -0.2) is 33.9 Å². The molecular formula is C19H24N2O4S2. The van der Waals surface area contributed by atoms with E-state index in [0.717, 1.165) is 27.8 Å². The number of benzene rings is 2. The van der Waals surface area contributed by atoms with Gasteiger partial charge >= 0.3 is 0 Å². The van der Waals surface area contributed by atoms with Gasteiger partial charge < -0.3 is 0 Å². The molecule has 2 aromatic carbocycles. The number of nitrogens with one attached hydrogen (secondary N) is 1. The average molecular weight is 409 g/mol. The highest BCUT2D eigenvalue weighted by atomic mass is 32.2. The second-order valence-corrected chi connectivity index (χ2v) is 10.8. The lowest BCUT2D eigenvalue weighted by molar-refractivity contribution is 0.395. The van der Waals surface area contributed by atoms with E-state index in [0.29, 0.717) is 18.7 Å². The molecule has 0 aromatic heterocycles. The maximum atomic E-state index is 12.6. The van der Waals surface area contributed by atoms with Crippen molar-refractivity contribution in [2.75, 3.05) is 17.5 Å². The smallest absolute Gasteiger partial charge is 0.236 e. The van der Waals surface area contributed by atoms with Crippen LogP contribution in [0.25, 0.3) is 0 Å². The van der Waals surface area contributed by atoms with Gasteiger partial charge in [-0.3, -0.25) is 4.72 Å². The Morgan fingerprint density at radius 1 is 1.00 bits per heavy atom. The third-order valence-electron chi connectivity index (χ3n) is 4.78. The van der Waals surface area contributed by atoms with Crippen molar-refractivity contribution in [2.45, 2.75) is 32.6 Å². The van der Waals surface area contributed by atoms with Crippen LogP contribution in [0.5, 0.6) is 0 Å². The molecule has 1 aliphatic heterocycles. The third-order valence-corrected chi connectivity index (χ3v) is 7.26. The highest BCUT2D eigenvalue weighted by Crippen LogP contribution is 2.25. The standard InChI is InChI=1S/C19H24N2O4S2/c1-14-4-5-15(2)18(10-14)13-27(24,25)20-19-7-6-16-8-9-21(26(3,22)23)12-17(16)11-19/h4-7,10-11,20H,8-9,12-13H2,1-3H3. The van der Waals surface area contributed by atoms with Gasteiger partial charge in [0, 0.05) is 18.8 Å². The van der Waals surface area contributed by atoms with Gasteiger partial charge in [-0.1, -0.05) is 29.8 Å². The molecule has 2 aromatic rings. The molecule has 27 heavy (non-hydrogen) atoms. The molecular weight excluding hydrogens is 384 g/mol. The van der Waals surface area contributed by atoms with E-state index in [1.165, 1.54) is 10.6 Å². The fourth-order valence-corrected chi connectivity index (χ4v) is 5.33. The molecule has 0 atom stereocenters. The van der Waals surface area contributed by atoms with E-state index in [9.17, 15) is 16.8 Å². The lowest BCUT2D eigenvalue weighted by Crippen LogP contribution is -2.35. The van der Waals surface area contributed by atoms with Gasteiger partial charge in [0.15, 0.2) is 0 Å². The van der Waals surface area contributed by atoms with E-state index in [-0.39, 0.29) is 12.3 Å². The summed E-state index contributed by atoms with van der Waals surface area (Å²) in [6.45, 7) is 4.53. The lowest BCUT2D eigenvalue weighted by Gasteiger charge is -2.27. The van der Waals surface area contributed by atoms with Gasteiger partial charge in [-0.2, -0.15) is 4.31 Å². The summed E-state index contributed by atoms with van der Waals surface area (Å²) in [5.74, 6) is -0.104. The lowest BCUT2D eigenvalue weighted by atomic mass is 10.0. The van der Waals surface area contributed by atoms with Crippen molar-refractivity contribution in [1.29, 1.82) is 0 Å². The molecule has 0 radical (unpaired) electrons. The Kier molecular flexibility index (Phi) is 5.33. The first-order valence-corrected chi connectivity index (χ1v) is 12.2. The van der Waals surface area contributed by atoms with E-state index >= 15 is 0 Å². The monoisotopic (exact) mass is 408 g/mol. The summed E-state index contributed by atoms with van der Waals surface area (Å²) in [7, 11) is -6.85. The maximum Gasteiger partial charge on any atom is 0.236 e. The van der Waals surface area contributed by atoms with Crippen molar-refractivity contribution >= 4 is 25.7 Å². The highest BCUT2D eigenvalue weighted by Gasteiger charge is 2.23. The number of rotatable bonds is 5. The Hall–Kier alpha value is -1.90. The molecule has 1 heterocycles. The number of aryl methyl sites for hydroxylation is 2. The SMILES string of the molecule is Cc1ccc(C)c(CS(=O)(=O)Nc2ccc3c(c2)CN(S(C)(=O)=O)CC3)c1. The van der Waals surface area contributed by atoms with E-state index in [2.05, 4.69) is 4.72 Å². The van der Waals surface area contributed by atoms with Crippen molar-refractivity contribution in [1.82, 2.24) is 4.31 Å². The summed E-state index contributed by atoms with van der Waals surface area (Å²) >= 11 is 0. The fourth-order valence-electron chi connectivity index (χ4n) is 3.25. The fraction of sp³-hybridized carbons (Fsp3) is 0.368. The van der Waals surface area contributed by atoms with Crippen LogP contribution in [0.4, 0.5) is 5.69 Å². The molecule has 0 spiro atoms. The second-order valence-electron chi connectivity index (χ2n) is 7.12. The summed E-state index contributed by atoms with van der Waals surface area (Å²) in [6.07, 6.45) is 1.81. The van der Waals surface area contributed by atoms with E-state index in [1.807, 2.05) is 38.1 Å². The average Bonchev–Trinajstić information content (AvgIpc) is 2.56. The molecule has 146 valence electrons. The van der Waals surface area contributed by atoms with Crippen LogP contribution in [0.15, 0.2) is 36.4 Å². The van der Waals surface area contributed by atoms with Gasteiger partial charge in [-0.25, -0.2) is 16.8 Å². The van der Waals surface area contributed by atoms with Crippen molar-refractivity contribution < 1.29 is 16.8 Å². The molecule has 0 aliphatic carbocycles. The maximum absolute atomic E-state index is 12.6. The Morgan fingerprint density at radius 3 is 2.44 bits per heavy atom. The molecule has 0 saturated heterocycles. The summed E-state index contributed by atoms with van der Waals surface area (Å²) in [5.41, 5.74) is 5.05. The molecule has 1 aliphatic rings. The van der Waals surface area contributed by atoms with Gasteiger partial charge in [0.25, 0.3) is 0 Å². The zero-order chi connectivity index (χ0) is 19.8. The quantitative estimate of drug-likeness (QED) is 0.824. The van der Waals surface area contributed by atoms with Crippen LogP contribution in [0.3, 0.4) is 0 Å². The van der Waals surface area contributed by atoms with Crippen LogP contribution in [-0.2, 0) is 38.8 Å². The summed E-state index contributed by atoms with van der Waals surface area (Å²) < 4.78 is 52.8. The summed E-state index contributed by atoms with van der Waals surface area (Å²) in [6, 6.07) is 11.1. The largest absolute Gasteiger partial charge is 0.283 e. The molecule has 0 unspecified atom stereocenters. The molecule has 0 amide bonds. The first-order chi connectivity index (χ1) is 12.5. The zero-order valence-electron chi connectivity index (χ0n) is 15.7. The van der Waals surface area contributed by atoms with Gasteiger partial charge in [0.05, 0.1) is 12.0 Å². The topological polar surface area (TPSA) is 83.6 Å². The number of fused-ring (bicyclic) bond motifs is 1. The van der Waals surface area contributed by atoms with Gasteiger partial charge in [0.2, 0.25) is 20.0 Å². The number of hydrogen-bond acceptors (Lipinski definition) is 4. The minimum atomic E-state index is -3.58. The Bertz CT molecular complexity index is 1080. The number of sulfonamides is 2. The van der Waals surface area contributed by atoms with Crippen molar-refractivity contribution in [3.8, 4) is 0 Å². The first kappa shape index (κ1) is 19.9.